The van der Waals surface area contributed by atoms with E-state index in [0.717, 1.165) is 39.0 Å². The number of alkyl halides is 3. The highest BCUT2D eigenvalue weighted by Crippen LogP contribution is 2.38. The van der Waals surface area contributed by atoms with Gasteiger partial charge in [-0.1, -0.05) is 6.92 Å². The van der Waals surface area contributed by atoms with Gasteiger partial charge >= 0.3 is 6.18 Å². The summed E-state index contributed by atoms with van der Waals surface area (Å²) in [5.41, 5.74) is 0.0385. The third-order valence-corrected chi connectivity index (χ3v) is 3.96. The average Bonchev–Trinajstić information content (AvgIpc) is 2.70. The molecule has 20 heavy (non-hydrogen) atoms. The summed E-state index contributed by atoms with van der Waals surface area (Å²) in [5, 5.41) is 3.41. The Labute approximate surface area is 119 Å². The highest BCUT2D eigenvalue weighted by molar-refractivity contribution is 4.91. The Balaban J connectivity index is 2.30. The summed E-state index contributed by atoms with van der Waals surface area (Å²) in [6.45, 7) is 5.72. The molecule has 120 valence electrons. The normalized spacial score (nSPS) is 27.1. The fraction of sp³-hybridized carbons (Fsp3) is 1.00. The maximum absolute atomic E-state index is 12.0. The first-order chi connectivity index (χ1) is 9.40. The van der Waals surface area contributed by atoms with Crippen molar-refractivity contribution in [1.29, 1.82) is 0 Å². The van der Waals surface area contributed by atoms with Crippen molar-refractivity contribution < 1.29 is 22.6 Å². The average molecular weight is 297 g/mol. The Morgan fingerprint density at radius 2 is 2.15 bits per heavy atom. The third-order valence-electron chi connectivity index (χ3n) is 3.96. The lowest BCUT2D eigenvalue weighted by Gasteiger charge is -2.32. The molecule has 2 atom stereocenters. The Morgan fingerprint density at radius 3 is 2.70 bits per heavy atom. The zero-order valence-electron chi connectivity index (χ0n) is 12.4. The Bertz CT molecular complexity index is 274. The molecule has 0 aromatic rings. The van der Waals surface area contributed by atoms with Crippen LogP contribution >= 0.6 is 0 Å². The molecule has 1 heterocycles. The van der Waals surface area contributed by atoms with Crippen molar-refractivity contribution in [3.05, 3.63) is 0 Å². The van der Waals surface area contributed by atoms with Crippen LogP contribution in [0, 0.1) is 5.41 Å². The third kappa shape index (κ3) is 5.97. The summed E-state index contributed by atoms with van der Waals surface area (Å²) in [5.74, 6) is 0. The van der Waals surface area contributed by atoms with Gasteiger partial charge in [-0.15, -0.1) is 0 Å². The fourth-order valence-corrected chi connectivity index (χ4v) is 2.70. The molecular weight excluding hydrogens is 271 g/mol. The molecule has 1 N–H and O–H groups in total. The van der Waals surface area contributed by atoms with Crippen molar-refractivity contribution in [2.75, 3.05) is 32.9 Å². The molecule has 1 aliphatic heterocycles. The molecule has 0 bridgehead atoms. The molecule has 0 radical (unpaired) electrons. The van der Waals surface area contributed by atoms with E-state index in [1.165, 1.54) is 0 Å². The predicted molar refractivity (Wildman–Crippen MR) is 71.7 cm³/mol. The van der Waals surface area contributed by atoms with Crippen LogP contribution in [0.3, 0.4) is 0 Å². The van der Waals surface area contributed by atoms with E-state index in [-0.39, 0.29) is 18.1 Å². The molecular formula is C14H26F3NO2. The summed E-state index contributed by atoms with van der Waals surface area (Å²) in [6, 6.07) is 0. The van der Waals surface area contributed by atoms with Gasteiger partial charge in [-0.2, -0.15) is 13.2 Å². The van der Waals surface area contributed by atoms with Gasteiger partial charge in [-0.3, -0.25) is 0 Å². The van der Waals surface area contributed by atoms with Crippen molar-refractivity contribution in [3.63, 3.8) is 0 Å². The fourth-order valence-electron chi connectivity index (χ4n) is 2.70. The van der Waals surface area contributed by atoms with E-state index in [1.54, 1.807) is 0 Å². The van der Waals surface area contributed by atoms with Gasteiger partial charge in [0, 0.05) is 25.2 Å². The van der Waals surface area contributed by atoms with Crippen LogP contribution in [0.4, 0.5) is 13.2 Å². The number of rotatable bonds is 9. The standard InChI is InChI=1S/C14H26F3NO2/c1-3-7-18-10-13(6-9-20-12(13)2)5-4-8-19-11-14(15,16)17/h12,18H,3-11H2,1-2H3. The Morgan fingerprint density at radius 1 is 1.40 bits per heavy atom. The van der Waals surface area contributed by atoms with Gasteiger partial charge in [-0.05, 0) is 39.2 Å². The van der Waals surface area contributed by atoms with E-state index in [2.05, 4.69) is 23.9 Å². The van der Waals surface area contributed by atoms with Crippen LogP contribution in [0.1, 0.15) is 39.5 Å². The van der Waals surface area contributed by atoms with E-state index < -0.39 is 12.8 Å². The minimum absolute atomic E-state index is 0.0385. The molecule has 1 rings (SSSR count). The second-order valence-electron chi connectivity index (χ2n) is 5.57. The van der Waals surface area contributed by atoms with Crippen LogP contribution in [0.15, 0.2) is 0 Å². The second kappa shape index (κ2) is 8.20. The number of nitrogens with one attached hydrogen (secondary N) is 1. The number of hydrogen-bond donors (Lipinski definition) is 1. The van der Waals surface area contributed by atoms with Gasteiger partial charge < -0.3 is 14.8 Å². The number of hydrogen-bond acceptors (Lipinski definition) is 3. The second-order valence-corrected chi connectivity index (χ2v) is 5.57. The molecule has 3 nitrogen and oxygen atoms in total. The smallest absolute Gasteiger partial charge is 0.378 e. The van der Waals surface area contributed by atoms with Crippen LogP contribution in [0.2, 0.25) is 0 Å². The Kier molecular flexibility index (Phi) is 7.26. The largest absolute Gasteiger partial charge is 0.411 e. The first-order valence-corrected chi connectivity index (χ1v) is 7.36. The van der Waals surface area contributed by atoms with Gasteiger partial charge in [0.15, 0.2) is 0 Å². The first kappa shape index (κ1) is 17.7. The van der Waals surface area contributed by atoms with E-state index >= 15 is 0 Å². The van der Waals surface area contributed by atoms with Crippen molar-refractivity contribution in [2.24, 2.45) is 5.41 Å². The molecule has 0 aliphatic carbocycles. The van der Waals surface area contributed by atoms with Crippen molar-refractivity contribution in [2.45, 2.75) is 51.8 Å². The zero-order chi connectivity index (χ0) is 15.1. The summed E-state index contributed by atoms with van der Waals surface area (Å²) >= 11 is 0. The number of ether oxygens (including phenoxy) is 2. The maximum atomic E-state index is 12.0. The van der Waals surface area contributed by atoms with E-state index in [1.807, 2.05) is 0 Å². The van der Waals surface area contributed by atoms with Gasteiger partial charge in [0.2, 0.25) is 0 Å². The first-order valence-electron chi connectivity index (χ1n) is 7.36. The lowest BCUT2D eigenvalue weighted by Crippen LogP contribution is -2.40. The Hall–Kier alpha value is -0.330. The van der Waals surface area contributed by atoms with Gasteiger partial charge in [0.1, 0.15) is 6.61 Å². The monoisotopic (exact) mass is 297 g/mol. The number of halogens is 3. The van der Waals surface area contributed by atoms with Gasteiger partial charge in [-0.25, -0.2) is 0 Å². The summed E-state index contributed by atoms with van der Waals surface area (Å²) in [6.07, 6.45) is -0.580. The van der Waals surface area contributed by atoms with Crippen LogP contribution in [0.5, 0.6) is 0 Å². The molecule has 1 saturated heterocycles. The minimum Gasteiger partial charge on any atom is -0.378 e. The van der Waals surface area contributed by atoms with Gasteiger partial charge in [0.25, 0.3) is 0 Å². The highest BCUT2D eigenvalue weighted by atomic mass is 19.4. The van der Waals surface area contributed by atoms with Crippen molar-refractivity contribution in [1.82, 2.24) is 5.32 Å². The van der Waals surface area contributed by atoms with Crippen molar-refractivity contribution >= 4 is 0 Å². The topological polar surface area (TPSA) is 30.5 Å². The summed E-state index contributed by atoms with van der Waals surface area (Å²) < 4.78 is 46.2. The lowest BCUT2D eigenvalue weighted by molar-refractivity contribution is -0.174. The predicted octanol–water partition coefficient (Wildman–Crippen LogP) is 3.14. The highest BCUT2D eigenvalue weighted by Gasteiger charge is 2.40. The van der Waals surface area contributed by atoms with Crippen LogP contribution in [-0.2, 0) is 9.47 Å². The molecule has 0 spiro atoms. The van der Waals surface area contributed by atoms with E-state index in [0.29, 0.717) is 6.42 Å². The molecule has 0 saturated carbocycles. The SMILES string of the molecule is CCCNCC1(CCCOCC(F)(F)F)CCOC1C. The van der Waals surface area contributed by atoms with Gasteiger partial charge in [0.05, 0.1) is 6.10 Å². The summed E-state index contributed by atoms with van der Waals surface area (Å²) in [4.78, 5) is 0. The quantitative estimate of drug-likeness (QED) is 0.663. The summed E-state index contributed by atoms with van der Waals surface area (Å²) in [7, 11) is 0. The van der Waals surface area contributed by atoms with Crippen LogP contribution in [0.25, 0.3) is 0 Å². The van der Waals surface area contributed by atoms with E-state index in [4.69, 9.17) is 4.74 Å². The molecule has 6 heteroatoms. The molecule has 1 aliphatic rings. The molecule has 0 aromatic carbocycles. The molecule has 1 fully saturated rings. The molecule has 0 amide bonds. The van der Waals surface area contributed by atoms with Crippen molar-refractivity contribution in [3.8, 4) is 0 Å². The zero-order valence-corrected chi connectivity index (χ0v) is 12.4. The van der Waals surface area contributed by atoms with Crippen LogP contribution < -0.4 is 5.32 Å². The van der Waals surface area contributed by atoms with Crippen LogP contribution in [-0.4, -0.2) is 45.2 Å². The lowest BCUT2D eigenvalue weighted by atomic mass is 9.77. The molecule has 0 aromatic heterocycles. The molecule has 2 unspecified atom stereocenters. The minimum atomic E-state index is -4.23. The maximum Gasteiger partial charge on any atom is 0.411 e. The van der Waals surface area contributed by atoms with E-state index in [9.17, 15) is 13.2 Å².